The number of hydrogen-bond donors (Lipinski definition) is 1. The van der Waals surface area contributed by atoms with Gasteiger partial charge in [0.15, 0.2) is 5.78 Å². The van der Waals surface area contributed by atoms with E-state index in [0.29, 0.717) is 16.0 Å². The molecule has 122 valence electrons. The molecule has 7 heteroatoms. The zero-order chi connectivity index (χ0) is 17.1. The van der Waals surface area contributed by atoms with E-state index in [1.165, 1.54) is 29.7 Å². The highest BCUT2D eigenvalue weighted by atomic mass is 79.9. The van der Waals surface area contributed by atoms with Crippen LogP contribution in [0.25, 0.3) is 0 Å². The fourth-order valence-corrected chi connectivity index (χ4v) is 2.51. The van der Waals surface area contributed by atoms with E-state index in [0.717, 1.165) is 0 Å². The molecule has 0 spiro atoms. The minimum Gasteiger partial charge on any atom is -0.462 e. The number of Topliss-reactive ketones (excluding diaryl/α,β-unsaturated/α-hetero) is 1. The van der Waals surface area contributed by atoms with Gasteiger partial charge in [-0.3, -0.25) is 4.79 Å². The molecule has 1 heterocycles. The molecule has 0 aliphatic heterocycles. The molecule has 0 amide bonds. The van der Waals surface area contributed by atoms with E-state index >= 15 is 0 Å². The molecule has 0 unspecified atom stereocenters. The summed E-state index contributed by atoms with van der Waals surface area (Å²) in [6.07, 6.45) is 0. The number of halogens is 2. The Balaban J connectivity index is 2.50. The summed E-state index contributed by atoms with van der Waals surface area (Å²) in [7, 11) is 1.62. The van der Waals surface area contributed by atoms with Crippen LogP contribution in [0.1, 0.15) is 34.7 Å². The van der Waals surface area contributed by atoms with Crippen molar-refractivity contribution in [2.24, 2.45) is 7.05 Å². The zero-order valence-electron chi connectivity index (χ0n) is 12.9. The number of rotatable bonds is 5. The van der Waals surface area contributed by atoms with Crippen LogP contribution in [0.3, 0.4) is 0 Å². The lowest BCUT2D eigenvalue weighted by Gasteiger charge is -2.12. The van der Waals surface area contributed by atoms with Gasteiger partial charge in [-0.25, -0.2) is 9.18 Å². The Hall–Kier alpha value is -2.15. The number of carbonyl (C=O) groups is 2. The number of ketones is 1. The van der Waals surface area contributed by atoms with E-state index < -0.39 is 11.8 Å². The third-order valence-electron chi connectivity index (χ3n) is 3.27. The second-order valence-electron chi connectivity index (χ2n) is 4.88. The number of nitrogens with one attached hydrogen (secondary N) is 1. The highest BCUT2D eigenvalue weighted by Gasteiger charge is 2.22. The number of carbonyl (C=O) groups excluding carboxylic acids is 2. The summed E-state index contributed by atoms with van der Waals surface area (Å²) >= 11 is 3.19. The van der Waals surface area contributed by atoms with Crippen LogP contribution in [-0.2, 0) is 11.8 Å². The van der Waals surface area contributed by atoms with Gasteiger partial charge in [0, 0.05) is 18.4 Å². The first-order valence-corrected chi connectivity index (χ1v) is 7.74. The van der Waals surface area contributed by atoms with Crippen LogP contribution >= 0.6 is 15.9 Å². The van der Waals surface area contributed by atoms with Gasteiger partial charge < -0.3 is 14.6 Å². The summed E-state index contributed by atoms with van der Waals surface area (Å²) in [4.78, 5) is 23.8. The summed E-state index contributed by atoms with van der Waals surface area (Å²) in [5.74, 6) is -0.965. The molecular weight excluding hydrogens is 367 g/mol. The van der Waals surface area contributed by atoms with Crippen LogP contribution in [-0.4, -0.2) is 22.9 Å². The minimum absolute atomic E-state index is 0.182. The predicted molar refractivity (Wildman–Crippen MR) is 88.8 cm³/mol. The summed E-state index contributed by atoms with van der Waals surface area (Å²) in [5, 5.41) is 2.86. The molecule has 0 saturated heterocycles. The third-order valence-corrected chi connectivity index (χ3v) is 3.77. The van der Waals surface area contributed by atoms with Gasteiger partial charge in [0.2, 0.25) is 0 Å². The fourth-order valence-electron chi connectivity index (χ4n) is 2.17. The molecule has 0 saturated carbocycles. The largest absolute Gasteiger partial charge is 0.462 e. The van der Waals surface area contributed by atoms with Crippen molar-refractivity contribution in [3.05, 3.63) is 45.8 Å². The van der Waals surface area contributed by atoms with Gasteiger partial charge in [-0.15, -0.1) is 0 Å². The highest BCUT2D eigenvalue weighted by Crippen LogP contribution is 2.28. The van der Waals surface area contributed by atoms with E-state index in [2.05, 4.69) is 21.2 Å². The molecule has 0 aliphatic carbocycles. The lowest BCUT2D eigenvalue weighted by Crippen LogP contribution is -2.09. The standard InChI is InChI=1S/C16H16BrFN2O3/c1-4-23-16(22)11-8-14(9(2)21)20(3)15(11)19-13-6-5-10(17)7-12(13)18/h5-8,19H,4H2,1-3H3. The topological polar surface area (TPSA) is 60.3 Å². The van der Waals surface area contributed by atoms with Crippen LogP contribution in [0.2, 0.25) is 0 Å². The molecule has 2 aromatic rings. The molecule has 2 rings (SSSR count). The molecule has 0 atom stereocenters. The van der Waals surface area contributed by atoms with Crippen molar-refractivity contribution in [2.45, 2.75) is 13.8 Å². The molecule has 1 N–H and O–H groups in total. The van der Waals surface area contributed by atoms with E-state index in [1.54, 1.807) is 20.0 Å². The van der Waals surface area contributed by atoms with Gasteiger partial charge in [0.05, 0.1) is 18.0 Å². The highest BCUT2D eigenvalue weighted by molar-refractivity contribution is 9.10. The van der Waals surface area contributed by atoms with E-state index in [-0.39, 0.29) is 23.6 Å². The van der Waals surface area contributed by atoms with E-state index in [9.17, 15) is 14.0 Å². The van der Waals surface area contributed by atoms with Gasteiger partial charge in [0.25, 0.3) is 0 Å². The average Bonchev–Trinajstić information content (AvgIpc) is 2.80. The Morgan fingerprint density at radius 1 is 1.35 bits per heavy atom. The lowest BCUT2D eigenvalue weighted by atomic mass is 10.2. The SMILES string of the molecule is CCOC(=O)c1cc(C(C)=O)n(C)c1Nc1ccc(Br)cc1F. The summed E-state index contributed by atoms with van der Waals surface area (Å²) < 4.78 is 21.1. The quantitative estimate of drug-likeness (QED) is 0.625. The average molecular weight is 383 g/mol. The Morgan fingerprint density at radius 3 is 2.61 bits per heavy atom. The Morgan fingerprint density at radius 2 is 2.04 bits per heavy atom. The van der Waals surface area contributed by atoms with Crippen molar-refractivity contribution < 1.29 is 18.7 Å². The second-order valence-corrected chi connectivity index (χ2v) is 5.79. The number of aromatic nitrogens is 1. The van der Waals surface area contributed by atoms with Crippen molar-refractivity contribution >= 4 is 39.2 Å². The van der Waals surface area contributed by atoms with Crippen molar-refractivity contribution in [3.63, 3.8) is 0 Å². The lowest BCUT2D eigenvalue weighted by molar-refractivity contribution is 0.0527. The number of anilines is 2. The first-order chi connectivity index (χ1) is 10.8. The maximum Gasteiger partial charge on any atom is 0.341 e. The van der Waals surface area contributed by atoms with Gasteiger partial charge >= 0.3 is 5.97 Å². The monoisotopic (exact) mass is 382 g/mol. The van der Waals surface area contributed by atoms with Crippen LogP contribution in [0.15, 0.2) is 28.7 Å². The Labute approximate surface area is 141 Å². The van der Waals surface area contributed by atoms with Crippen LogP contribution in [0, 0.1) is 5.82 Å². The van der Waals surface area contributed by atoms with Crippen LogP contribution < -0.4 is 5.32 Å². The molecule has 5 nitrogen and oxygen atoms in total. The molecule has 1 aromatic carbocycles. The van der Waals surface area contributed by atoms with Crippen LogP contribution in [0.4, 0.5) is 15.9 Å². The first-order valence-electron chi connectivity index (χ1n) is 6.95. The van der Waals surface area contributed by atoms with Crippen molar-refractivity contribution in [3.8, 4) is 0 Å². The summed E-state index contributed by atoms with van der Waals surface area (Å²) in [6, 6.07) is 5.96. The number of ether oxygens (including phenoxy) is 1. The zero-order valence-corrected chi connectivity index (χ0v) is 14.5. The smallest absolute Gasteiger partial charge is 0.341 e. The van der Waals surface area contributed by atoms with Crippen molar-refractivity contribution in [1.82, 2.24) is 4.57 Å². The predicted octanol–water partition coefficient (Wildman–Crippen LogP) is 4.05. The number of benzene rings is 1. The molecule has 0 radical (unpaired) electrons. The van der Waals surface area contributed by atoms with Crippen molar-refractivity contribution in [2.75, 3.05) is 11.9 Å². The molecule has 23 heavy (non-hydrogen) atoms. The minimum atomic E-state index is -0.574. The maximum absolute atomic E-state index is 14.0. The molecular formula is C16H16BrFN2O3. The first kappa shape index (κ1) is 17.2. The van der Waals surface area contributed by atoms with E-state index in [4.69, 9.17) is 4.74 Å². The third kappa shape index (κ3) is 3.61. The summed E-state index contributed by atoms with van der Waals surface area (Å²) in [5.41, 5.74) is 0.699. The number of esters is 1. The van der Waals surface area contributed by atoms with E-state index in [1.807, 2.05) is 0 Å². The summed E-state index contributed by atoms with van der Waals surface area (Å²) in [6.45, 7) is 3.29. The fraction of sp³-hybridized carbons (Fsp3) is 0.250. The number of nitrogens with zero attached hydrogens (tertiary/aromatic N) is 1. The van der Waals surface area contributed by atoms with Gasteiger partial charge in [-0.1, -0.05) is 15.9 Å². The molecule has 0 bridgehead atoms. The molecule has 0 fully saturated rings. The Kier molecular flexibility index (Phi) is 5.20. The second kappa shape index (κ2) is 6.95. The van der Waals surface area contributed by atoms with Gasteiger partial charge in [0.1, 0.15) is 17.2 Å². The molecule has 0 aliphatic rings. The van der Waals surface area contributed by atoms with Gasteiger partial charge in [-0.2, -0.15) is 0 Å². The maximum atomic E-state index is 14.0. The Bertz CT molecular complexity index is 771. The van der Waals surface area contributed by atoms with Crippen molar-refractivity contribution in [1.29, 1.82) is 0 Å². The van der Waals surface area contributed by atoms with Gasteiger partial charge in [-0.05, 0) is 31.2 Å². The van der Waals surface area contributed by atoms with Crippen LogP contribution in [0.5, 0.6) is 0 Å². The number of hydrogen-bond acceptors (Lipinski definition) is 4. The molecule has 1 aromatic heterocycles. The normalized spacial score (nSPS) is 10.5.